The molecule has 0 amide bonds. The van der Waals surface area contributed by atoms with E-state index in [0.717, 1.165) is 17.3 Å². The number of rotatable bonds is 3. The molecule has 0 aliphatic heterocycles. The van der Waals surface area contributed by atoms with Crippen molar-refractivity contribution in [1.29, 1.82) is 0 Å². The summed E-state index contributed by atoms with van der Waals surface area (Å²) in [6, 6.07) is 4.60. The summed E-state index contributed by atoms with van der Waals surface area (Å²) in [6.45, 7) is 4.11. The second kappa shape index (κ2) is 5.70. The lowest BCUT2D eigenvalue weighted by Gasteiger charge is -2.34. The van der Waals surface area contributed by atoms with Gasteiger partial charge in [-0.15, -0.1) is 0 Å². The standard InChI is InChI=1S/C15H24N2O/c1-11-4-7-14(8-5-11)17(3)15-9-6-13(10-16-15)12(2)18/h6,9-12,14,18H,4-5,7-8H2,1-3H3/t11?,12-,14?/m0/s1. The molecule has 100 valence electrons. The van der Waals surface area contributed by atoms with Crippen LogP contribution in [0.5, 0.6) is 0 Å². The Hall–Kier alpha value is -1.09. The van der Waals surface area contributed by atoms with E-state index in [1.165, 1.54) is 25.7 Å². The van der Waals surface area contributed by atoms with Crippen LogP contribution in [0.15, 0.2) is 18.3 Å². The molecule has 1 aromatic rings. The first-order valence-electron chi connectivity index (χ1n) is 6.94. The van der Waals surface area contributed by atoms with Crippen LogP contribution in [0.25, 0.3) is 0 Å². The summed E-state index contributed by atoms with van der Waals surface area (Å²) in [5.41, 5.74) is 0.879. The van der Waals surface area contributed by atoms with Gasteiger partial charge < -0.3 is 10.0 Å². The number of nitrogens with zero attached hydrogens (tertiary/aromatic N) is 2. The Morgan fingerprint density at radius 1 is 1.28 bits per heavy atom. The van der Waals surface area contributed by atoms with Crippen LogP contribution in [0, 0.1) is 5.92 Å². The van der Waals surface area contributed by atoms with Gasteiger partial charge in [-0.3, -0.25) is 0 Å². The maximum Gasteiger partial charge on any atom is 0.128 e. The predicted octanol–water partition coefficient (Wildman–Crippen LogP) is 3.15. The van der Waals surface area contributed by atoms with E-state index in [4.69, 9.17) is 0 Å². The summed E-state index contributed by atoms with van der Waals surface area (Å²) in [4.78, 5) is 6.75. The first-order valence-corrected chi connectivity index (χ1v) is 6.94. The first kappa shape index (κ1) is 13.3. The van der Waals surface area contributed by atoms with E-state index < -0.39 is 6.10 Å². The fraction of sp³-hybridized carbons (Fsp3) is 0.667. The summed E-state index contributed by atoms with van der Waals surface area (Å²) in [5, 5.41) is 9.48. The highest BCUT2D eigenvalue weighted by atomic mass is 16.3. The molecule has 0 radical (unpaired) electrons. The molecule has 1 saturated carbocycles. The predicted molar refractivity (Wildman–Crippen MR) is 74.7 cm³/mol. The summed E-state index contributed by atoms with van der Waals surface area (Å²) in [6.07, 6.45) is 6.51. The molecule has 1 aliphatic rings. The van der Waals surface area contributed by atoms with Gasteiger partial charge in [0.25, 0.3) is 0 Å². The zero-order valence-electron chi connectivity index (χ0n) is 11.6. The van der Waals surface area contributed by atoms with Crippen LogP contribution in [0.4, 0.5) is 5.82 Å². The Balaban J connectivity index is 2.02. The largest absolute Gasteiger partial charge is 0.389 e. The first-order chi connectivity index (χ1) is 8.58. The highest BCUT2D eigenvalue weighted by Crippen LogP contribution is 2.28. The SMILES string of the molecule is CC1CCC(N(C)c2ccc([C@H](C)O)cn2)CC1. The van der Waals surface area contributed by atoms with Gasteiger partial charge in [-0.05, 0) is 50.2 Å². The van der Waals surface area contributed by atoms with Crippen molar-refractivity contribution in [2.24, 2.45) is 5.92 Å². The summed E-state index contributed by atoms with van der Waals surface area (Å²) >= 11 is 0. The molecule has 1 atom stereocenters. The van der Waals surface area contributed by atoms with Gasteiger partial charge in [0, 0.05) is 19.3 Å². The summed E-state index contributed by atoms with van der Waals surface area (Å²) < 4.78 is 0. The fourth-order valence-corrected chi connectivity index (χ4v) is 2.67. The molecule has 2 rings (SSSR count). The van der Waals surface area contributed by atoms with Crippen molar-refractivity contribution in [2.45, 2.75) is 51.7 Å². The Bertz CT molecular complexity index is 367. The number of hydrogen-bond donors (Lipinski definition) is 1. The van der Waals surface area contributed by atoms with Gasteiger partial charge in [-0.1, -0.05) is 13.0 Å². The Labute approximate surface area is 110 Å². The molecule has 3 nitrogen and oxygen atoms in total. The van der Waals surface area contributed by atoms with Crippen LogP contribution in [-0.4, -0.2) is 23.2 Å². The normalized spacial score (nSPS) is 25.8. The highest BCUT2D eigenvalue weighted by molar-refractivity contribution is 5.40. The molecule has 0 aromatic carbocycles. The molecular weight excluding hydrogens is 224 g/mol. The molecule has 18 heavy (non-hydrogen) atoms. The van der Waals surface area contributed by atoms with Crippen LogP contribution >= 0.6 is 0 Å². The molecule has 1 fully saturated rings. The molecular formula is C15H24N2O. The van der Waals surface area contributed by atoms with Gasteiger partial charge in [0.2, 0.25) is 0 Å². The zero-order valence-corrected chi connectivity index (χ0v) is 11.6. The molecule has 1 aliphatic carbocycles. The van der Waals surface area contributed by atoms with Gasteiger partial charge in [-0.2, -0.15) is 0 Å². The quantitative estimate of drug-likeness (QED) is 0.892. The van der Waals surface area contributed by atoms with Crippen molar-refractivity contribution in [1.82, 2.24) is 4.98 Å². The number of pyridine rings is 1. The third kappa shape index (κ3) is 3.02. The number of aliphatic hydroxyl groups excluding tert-OH is 1. The van der Waals surface area contributed by atoms with Crippen molar-refractivity contribution in [3.8, 4) is 0 Å². The van der Waals surface area contributed by atoms with Crippen molar-refractivity contribution in [3.63, 3.8) is 0 Å². The molecule has 1 heterocycles. The van der Waals surface area contributed by atoms with Crippen LogP contribution in [0.3, 0.4) is 0 Å². The molecule has 1 N–H and O–H groups in total. The molecule has 1 aromatic heterocycles. The van der Waals surface area contributed by atoms with Crippen LogP contribution in [0.2, 0.25) is 0 Å². The third-order valence-corrected chi connectivity index (χ3v) is 4.15. The number of anilines is 1. The summed E-state index contributed by atoms with van der Waals surface area (Å²) in [5.74, 6) is 1.89. The van der Waals surface area contributed by atoms with E-state index in [1.807, 2.05) is 12.1 Å². The molecule has 0 saturated heterocycles. The number of hydrogen-bond acceptors (Lipinski definition) is 3. The Morgan fingerprint density at radius 2 is 1.94 bits per heavy atom. The summed E-state index contributed by atoms with van der Waals surface area (Å²) in [7, 11) is 2.13. The van der Waals surface area contributed by atoms with Gasteiger partial charge >= 0.3 is 0 Å². The van der Waals surface area contributed by atoms with E-state index >= 15 is 0 Å². The van der Waals surface area contributed by atoms with Gasteiger partial charge in [0.15, 0.2) is 0 Å². The minimum atomic E-state index is -0.438. The molecule has 0 spiro atoms. The topological polar surface area (TPSA) is 36.4 Å². The van der Waals surface area contributed by atoms with Crippen LogP contribution in [-0.2, 0) is 0 Å². The van der Waals surface area contributed by atoms with Crippen molar-refractivity contribution < 1.29 is 5.11 Å². The minimum absolute atomic E-state index is 0.438. The molecule has 0 bridgehead atoms. The van der Waals surface area contributed by atoms with E-state index in [1.54, 1.807) is 13.1 Å². The monoisotopic (exact) mass is 248 g/mol. The lowest BCUT2D eigenvalue weighted by Crippen LogP contribution is -2.35. The van der Waals surface area contributed by atoms with Crippen molar-refractivity contribution in [2.75, 3.05) is 11.9 Å². The van der Waals surface area contributed by atoms with Gasteiger partial charge in [-0.25, -0.2) is 4.98 Å². The Kier molecular flexibility index (Phi) is 4.23. The van der Waals surface area contributed by atoms with E-state index in [2.05, 4.69) is 23.9 Å². The number of aliphatic hydroxyl groups is 1. The fourth-order valence-electron chi connectivity index (χ4n) is 2.67. The highest BCUT2D eigenvalue weighted by Gasteiger charge is 2.22. The average molecular weight is 248 g/mol. The average Bonchev–Trinajstić information content (AvgIpc) is 2.39. The van der Waals surface area contributed by atoms with Crippen molar-refractivity contribution >= 4 is 5.82 Å². The zero-order chi connectivity index (χ0) is 13.1. The maximum atomic E-state index is 9.48. The van der Waals surface area contributed by atoms with E-state index in [0.29, 0.717) is 6.04 Å². The number of aromatic nitrogens is 1. The smallest absolute Gasteiger partial charge is 0.128 e. The van der Waals surface area contributed by atoms with Crippen LogP contribution in [0.1, 0.15) is 51.2 Å². The van der Waals surface area contributed by atoms with Gasteiger partial charge in [0.1, 0.15) is 5.82 Å². The maximum absolute atomic E-state index is 9.48. The minimum Gasteiger partial charge on any atom is -0.389 e. The second-order valence-corrected chi connectivity index (χ2v) is 5.65. The lowest BCUT2D eigenvalue weighted by atomic mass is 9.87. The molecule has 3 heteroatoms. The third-order valence-electron chi connectivity index (χ3n) is 4.15. The van der Waals surface area contributed by atoms with Crippen molar-refractivity contribution in [3.05, 3.63) is 23.9 Å². The van der Waals surface area contributed by atoms with E-state index in [9.17, 15) is 5.11 Å². The van der Waals surface area contributed by atoms with Gasteiger partial charge in [0.05, 0.1) is 6.10 Å². The second-order valence-electron chi connectivity index (χ2n) is 5.65. The lowest BCUT2D eigenvalue weighted by molar-refractivity contribution is 0.199. The Morgan fingerprint density at radius 3 is 2.44 bits per heavy atom. The molecule has 0 unspecified atom stereocenters. The van der Waals surface area contributed by atoms with Crippen LogP contribution < -0.4 is 4.90 Å². The van der Waals surface area contributed by atoms with E-state index in [-0.39, 0.29) is 0 Å².